The summed E-state index contributed by atoms with van der Waals surface area (Å²) in [5, 5.41) is 0. The Morgan fingerprint density at radius 3 is 2.19 bits per heavy atom. The first-order valence-corrected chi connectivity index (χ1v) is 7.77. The van der Waals surface area contributed by atoms with Crippen LogP contribution < -0.4 is 0 Å². The van der Waals surface area contributed by atoms with Crippen LogP contribution >= 0.6 is 0 Å². The first kappa shape index (κ1) is 12.5. The highest BCUT2D eigenvalue weighted by Gasteiger charge is 2.50. The molecular weight excluding hydrogens is 192 g/mol. The fourth-order valence-electron chi connectivity index (χ4n) is 4.01. The Kier molecular flexibility index (Phi) is 4.33. The van der Waals surface area contributed by atoms with Crippen LogP contribution in [0, 0.1) is 17.3 Å². The van der Waals surface area contributed by atoms with E-state index in [1.807, 2.05) is 0 Å². The van der Waals surface area contributed by atoms with Crippen molar-refractivity contribution in [3.63, 3.8) is 0 Å². The molecule has 94 valence electrons. The third kappa shape index (κ3) is 3.02. The largest absolute Gasteiger partial charge is 0.0651 e. The van der Waals surface area contributed by atoms with Crippen LogP contribution in [0.2, 0.25) is 0 Å². The monoisotopic (exact) mass is 222 g/mol. The van der Waals surface area contributed by atoms with E-state index in [-0.39, 0.29) is 0 Å². The van der Waals surface area contributed by atoms with E-state index in [2.05, 4.69) is 13.8 Å². The Morgan fingerprint density at radius 1 is 0.938 bits per heavy atom. The Morgan fingerprint density at radius 2 is 1.56 bits per heavy atom. The van der Waals surface area contributed by atoms with Crippen LogP contribution in [0.5, 0.6) is 0 Å². The lowest BCUT2D eigenvalue weighted by atomic mass is 9.89. The van der Waals surface area contributed by atoms with Gasteiger partial charge in [0.05, 0.1) is 0 Å². The van der Waals surface area contributed by atoms with Gasteiger partial charge in [-0.1, -0.05) is 65.2 Å². The summed E-state index contributed by atoms with van der Waals surface area (Å²) in [5.41, 5.74) is 0.836. The van der Waals surface area contributed by atoms with Crippen molar-refractivity contribution in [1.82, 2.24) is 0 Å². The zero-order valence-corrected chi connectivity index (χ0v) is 11.4. The number of hydrogen-bond acceptors (Lipinski definition) is 0. The maximum absolute atomic E-state index is 2.46. The highest BCUT2D eigenvalue weighted by molar-refractivity contribution is 5.00. The molecule has 0 saturated heterocycles. The van der Waals surface area contributed by atoms with Crippen LogP contribution in [-0.4, -0.2) is 0 Å². The lowest BCUT2D eigenvalue weighted by Crippen LogP contribution is -2.04. The predicted octanol–water partition coefficient (Wildman–Crippen LogP) is 5.56. The zero-order chi connectivity index (χ0) is 11.4. The van der Waals surface area contributed by atoms with Crippen molar-refractivity contribution >= 4 is 0 Å². The van der Waals surface area contributed by atoms with E-state index in [0.717, 1.165) is 17.3 Å². The van der Waals surface area contributed by atoms with Gasteiger partial charge in [0.15, 0.2) is 0 Å². The van der Waals surface area contributed by atoms with E-state index < -0.39 is 0 Å². The average Bonchev–Trinajstić information content (AvgIpc) is 2.98. The molecule has 0 aromatic heterocycles. The second-order valence-corrected chi connectivity index (χ2v) is 6.62. The summed E-state index contributed by atoms with van der Waals surface area (Å²) in [4.78, 5) is 0. The molecule has 2 saturated carbocycles. The molecule has 3 atom stereocenters. The highest BCUT2D eigenvalue weighted by atomic mass is 14.6. The Bertz CT molecular complexity index is 208. The minimum absolute atomic E-state index is 0.836. The van der Waals surface area contributed by atoms with E-state index >= 15 is 0 Å². The van der Waals surface area contributed by atoms with E-state index in [4.69, 9.17) is 0 Å². The average molecular weight is 222 g/mol. The first-order valence-electron chi connectivity index (χ1n) is 7.77. The second kappa shape index (κ2) is 5.56. The van der Waals surface area contributed by atoms with Crippen LogP contribution in [-0.2, 0) is 0 Å². The van der Waals surface area contributed by atoms with E-state index in [9.17, 15) is 0 Å². The Labute approximate surface area is 102 Å². The van der Waals surface area contributed by atoms with Gasteiger partial charge >= 0.3 is 0 Å². The van der Waals surface area contributed by atoms with Gasteiger partial charge < -0.3 is 0 Å². The molecule has 0 amide bonds. The van der Waals surface area contributed by atoms with Gasteiger partial charge in [0.2, 0.25) is 0 Å². The summed E-state index contributed by atoms with van der Waals surface area (Å²) in [6.45, 7) is 4.85. The van der Waals surface area contributed by atoms with Crippen molar-refractivity contribution in [2.75, 3.05) is 0 Å². The SMILES string of the molecule is CCC1CC12CCCCCC(C)CCCC2. The molecule has 0 aromatic carbocycles. The summed E-state index contributed by atoms with van der Waals surface area (Å²) < 4.78 is 0. The van der Waals surface area contributed by atoms with Crippen LogP contribution in [0.1, 0.15) is 84.5 Å². The highest BCUT2D eigenvalue weighted by Crippen LogP contribution is 2.61. The molecule has 0 aromatic rings. The molecule has 0 heterocycles. The van der Waals surface area contributed by atoms with Crippen LogP contribution in [0.15, 0.2) is 0 Å². The third-order valence-electron chi connectivity index (χ3n) is 5.34. The van der Waals surface area contributed by atoms with Gasteiger partial charge in [-0.2, -0.15) is 0 Å². The first-order chi connectivity index (χ1) is 7.77. The lowest BCUT2D eigenvalue weighted by Gasteiger charge is -2.16. The van der Waals surface area contributed by atoms with Crippen molar-refractivity contribution in [3.05, 3.63) is 0 Å². The maximum Gasteiger partial charge on any atom is -0.0266 e. The van der Waals surface area contributed by atoms with Gasteiger partial charge in [0, 0.05) is 0 Å². The van der Waals surface area contributed by atoms with Crippen LogP contribution in [0.4, 0.5) is 0 Å². The molecule has 1 spiro atoms. The Balaban J connectivity index is 1.83. The van der Waals surface area contributed by atoms with Crippen LogP contribution in [0.25, 0.3) is 0 Å². The maximum atomic E-state index is 2.46. The zero-order valence-electron chi connectivity index (χ0n) is 11.4. The molecule has 3 unspecified atom stereocenters. The van der Waals surface area contributed by atoms with Crippen molar-refractivity contribution in [1.29, 1.82) is 0 Å². The molecule has 0 radical (unpaired) electrons. The smallest absolute Gasteiger partial charge is 0.0266 e. The van der Waals surface area contributed by atoms with Gasteiger partial charge in [-0.3, -0.25) is 0 Å². The normalized spacial score (nSPS) is 41.6. The molecule has 0 N–H and O–H groups in total. The molecule has 2 aliphatic rings. The molecule has 0 bridgehead atoms. The van der Waals surface area contributed by atoms with E-state index in [1.165, 1.54) is 51.4 Å². The van der Waals surface area contributed by atoms with Crippen molar-refractivity contribution in [3.8, 4) is 0 Å². The van der Waals surface area contributed by atoms with Gasteiger partial charge in [-0.15, -0.1) is 0 Å². The molecule has 0 nitrogen and oxygen atoms in total. The fraction of sp³-hybridized carbons (Fsp3) is 1.00. The minimum atomic E-state index is 0.836. The molecule has 0 aliphatic heterocycles. The topological polar surface area (TPSA) is 0 Å². The molecular formula is C16H30. The predicted molar refractivity (Wildman–Crippen MR) is 71.5 cm³/mol. The number of rotatable bonds is 1. The second-order valence-electron chi connectivity index (χ2n) is 6.62. The summed E-state index contributed by atoms with van der Waals surface area (Å²) in [6, 6.07) is 0. The quantitative estimate of drug-likeness (QED) is 0.544. The third-order valence-corrected chi connectivity index (χ3v) is 5.34. The van der Waals surface area contributed by atoms with Crippen LogP contribution in [0.3, 0.4) is 0 Å². The van der Waals surface area contributed by atoms with Gasteiger partial charge in [-0.05, 0) is 36.5 Å². The van der Waals surface area contributed by atoms with Gasteiger partial charge in [-0.25, -0.2) is 0 Å². The fourth-order valence-corrected chi connectivity index (χ4v) is 4.01. The molecule has 2 rings (SSSR count). The van der Waals surface area contributed by atoms with Gasteiger partial charge in [0.1, 0.15) is 0 Å². The Hall–Kier alpha value is 0. The summed E-state index contributed by atoms with van der Waals surface area (Å²) >= 11 is 0. The summed E-state index contributed by atoms with van der Waals surface area (Å²) in [6.07, 6.45) is 16.6. The molecule has 0 heteroatoms. The summed E-state index contributed by atoms with van der Waals surface area (Å²) in [7, 11) is 0. The van der Waals surface area contributed by atoms with Crippen molar-refractivity contribution in [2.45, 2.75) is 84.5 Å². The molecule has 2 fully saturated rings. The van der Waals surface area contributed by atoms with E-state index in [0.29, 0.717) is 0 Å². The lowest BCUT2D eigenvalue weighted by molar-refractivity contribution is 0.352. The molecule has 2 aliphatic carbocycles. The van der Waals surface area contributed by atoms with Crippen molar-refractivity contribution < 1.29 is 0 Å². The van der Waals surface area contributed by atoms with Gasteiger partial charge in [0.25, 0.3) is 0 Å². The van der Waals surface area contributed by atoms with E-state index in [1.54, 1.807) is 19.3 Å². The summed E-state index contributed by atoms with van der Waals surface area (Å²) in [5.74, 6) is 2.10. The number of hydrogen-bond donors (Lipinski definition) is 0. The van der Waals surface area contributed by atoms with Crippen molar-refractivity contribution in [2.24, 2.45) is 17.3 Å². The molecule has 16 heavy (non-hydrogen) atoms. The minimum Gasteiger partial charge on any atom is -0.0651 e. The standard InChI is InChI=1S/C16H30/c1-3-15-13-16(15)11-7-4-5-9-14(2)10-6-8-12-16/h14-15H,3-13H2,1-2H3.